The van der Waals surface area contributed by atoms with Gasteiger partial charge in [0.2, 0.25) is 5.95 Å². The number of anilines is 1. The Morgan fingerprint density at radius 3 is 2.71 bits per heavy atom. The number of nitrogens with zero attached hydrogens (tertiary/aromatic N) is 2. The van der Waals surface area contributed by atoms with E-state index in [2.05, 4.69) is 36.4 Å². The van der Waals surface area contributed by atoms with E-state index in [1.807, 2.05) is 0 Å². The number of nitrogens with one attached hydrogen (secondary N) is 2. The molecule has 2 rings (SSSR count). The fraction of sp³-hybridized carbons (Fsp3) is 0.706. The molecule has 0 saturated heterocycles. The molecule has 1 aromatic heterocycles. The van der Waals surface area contributed by atoms with E-state index in [1.165, 1.54) is 6.07 Å². The van der Waals surface area contributed by atoms with Crippen LogP contribution in [0.25, 0.3) is 0 Å². The third-order valence-corrected chi connectivity index (χ3v) is 4.77. The maximum absolute atomic E-state index is 12.2. The van der Waals surface area contributed by atoms with Gasteiger partial charge >= 0.3 is 6.03 Å². The Balaban J connectivity index is 2.00. The SMILES string of the molecule is Cc1cc(=O)nc(NC(=O)NCC2(C)CC(N)CC(C)(C)C2)n1C. The number of carbonyl (C=O) groups is 1. The van der Waals surface area contributed by atoms with Crippen LogP contribution in [0.3, 0.4) is 0 Å². The van der Waals surface area contributed by atoms with Gasteiger partial charge in [-0.15, -0.1) is 0 Å². The summed E-state index contributed by atoms with van der Waals surface area (Å²) in [4.78, 5) is 27.5. The first-order valence-corrected chi connectivity index (χ1v) is 8.35. The number of aryl methyl sites for hydroxylation is 1. The summed E-state index contributed by atoms with van der Waals surface area (Å²) >= 11 is 0. The second kappa shape index (κ2) is 6.55. The zero-order valence-electron chi connectivity index (χ0n) is 15.3. The summed E-state index contributed by atoms with van der Waals surface area (Å²) < 4.78 is 1.67. The molecule has 24 heavy (non-hydrogen) atoms. The van der Waals surface area contributed by atoms with Gasteiger partial charge in [-0.2, -0.15) is 4.98 Å². The molecule has 1 aliphatic carbocycles. The van der Waals surface area contributed by atoms with Crippen LogP contribution in [0.5, 0.6) is 0 Å². The van der Waals surface area contributed by atoms with Crippen molar-refractivity contribution in [1.29, 1.82) is 0 Å². The third-order valence-electron chi connectivity index (χ3n) is 4.77. The number of urea groups is 1. The number of carbonyl (C=O) groups excluding carboxylic acids is 1. The number of hydrogen-bond donors (Lipinski definition) is 3. The molecular formula is C17H29N5O2. The quantitative estimate of drug-likeness (QED) is 0.783. The molecule has 1 fully saturated rings. The molecular weight excluding hydrogens is 306 g/mol. The van der Waals surface area contributed by atoms with Crippen molar-refractivity contribution in [2.45, 2.75) is 53.0 Å². The van der Waals surface area contributed by atoms with Crippen LogP contribution in [0.2, 0.25) is 0 Å². The molecule has 1 aliphatic rings. The predicted octanol–water partition coefficient (Wildman–Crippen LogP) is 1.75. The Morgan fingerprint density at radius 1 is 1.42 bits per heavy atom. The van der Waals surface area contributed by atoms with Gasteiger partial charge in [0.25, 0.3) is 5.56 Å². The van der Waals surface area contributed by atoms with E-state index in [-0.39, 0.29) is 34.4 Å². The number of nitrogens with two attached hydrogens (primary N) is 1. The largest absolute Gasteiger partial charge is 0.337 e. The average molecular weight is 335 g/mol. The maximum Gasteiger partial charge on any atom is 0.321 e. The van der Waals surface area contributed by atoms with E-state index in [0.717, 1.165) is 25.0 Å². The van der Waals surface area contributed by atoms with E-state index in [0.29, 0.717) is 6.54 Å². The van der Waals surface area contributed by atoms with Crippen LogP contribution in [0.4, 0.5) is 10.7 Å². The molecule has 134 valence electrons. The van der Waals surface area contributed by atoms with Gasteiger partial charge in [-0.25, -0.2) is 4.79 Å². The van der Waals surface area contributed by atoms with Crippen LogP contribution in [-0.2, 0) is 7.05 Å². The van der Waals surface area contributed by atoms with Crippen molar-refractivity contribution in [3.8, 4) is 0 Å². The lowest BCUT2D eigenvalue weighted by Crippen LogP contribution is -2.48. The molecule has 0 aliphatic heterocycles. The van der Waals surface area contributed by atoms with E-state index in [9.17, 15) is 9.59 Å². The fourth-order valence-electron chi connectivity index (χ4n) is 4.05. The minimum atomic E-state index is -0.368. The van der Waals surface area contributed by atoms with E-state index >= 15 is 0 Å². The monoisotopic (exact) mass is 335 g/mol. The van der Waals surface area contributed by atoms with Crippen LogP contribution in [0, 0.1) is 17.8 Å². The lowest BCUT2D eigenvalue weighted by molar-refractivity contribution is 0.0849. The highest BCUT2D eigenvalue weighted by Gasteiger charge is 2.40. The molecule has 7 nitrogen and oxygen atoms in total. The summed E-state index contributed by atoms with van der Waals surface area (Å²) in [6.45, 7) is 8.93. The summed E-state index contributed by atoms with van der Waals surface area (Å²) in [7, 11) is 1.75. The minimum Gasteiger partial charge on any atom is -0.337 e. The lowest BCUT2D eigenvalue weighted by Gasteiger charge is -2.45. The number of aromatic nitrogens is 2. The molecule has 2 atom stereocenters. The van der Waals surface area contributed by atoms with Crippen LogP contribution < -0.4 is 21.9 Å². The number of amides is 2. The van der Waals surface area contributed by atoms with Crippen LogP contribution in [-0.4, -0.2) is 28.2 Å². The summed E-state index contributed by atoms with van der Waals surface area (Å²) in [5, 5.41) is 5.56. The second-order valence-electron chi connectivity index (χ2n) is 8.25. The van der Waals surface area contributed by atoms with Crippen molar-refractivity contribution in [2.24, 2.45) is 23.6 Å². The predicted molar refractivity (Wildman–Crippen MR) is 95.0 cm³/mol. The highest BCUT2D eigenvalue weighted by atomic mass is 16.2. The molecule has 0 spiro atoms. The Bertz CT molecular complexity index is 682. The van der Waals surface area contributed by atoms with Gasteiger partial charge in [-0.1, -0.05) is 20.8 Å². The zero-order chi connectivity index (χ0) is 18.1. The molecule has 0 radical (unpaired) electrons. The Morgan fingerprint density at radius 2 is 2.08 bits per heavy atom. The normalized spacial score (nSPS) is 26.0. The molecule has 2 unspecified atom stereocenters. The van der Waals surface area contributed by atoms with Gasteiger partial charge in [0.15, 0.2) is 0 Å². The van der Waals surface area contributed by atoms with Crippen LogP contribution >= 0.6 is 0 Å². The third kappa shape index (κ3) is 4.56. The van der Waals surface area contributed by atoms with Crippen molar-refractivity contribution in [2.75, 3.05) is 11.9 Å². The summed E-state index contributed by atoms with van der Waals surface area (Å²) in [6, 6.07) is 1.22. The van der Waals surface area contributed by atoms with Crippen LogP contribution in [0.1, 0.15) is 45.7 Å². The first kappa shape index (κ1) is 18.4. The van der Waals surface area contributed by atoms with Gasteiger partial charge in [0.1, 0.15) is 0 Å². The average Bonchev–Trinajstić information content (AvgIpc) is 2.39. The van der Waals surface area contributed by atoms with Gasteiger partial charge in [0, 0.05) is 31.4 Å². The summed E-state index contributed by atoms with van der Waals surface area (Å²) in [6.07, 6.45) is 2.90. The van der Waals surface area contributed by atoms with E-state index in [4.69, 9.17) is 5.73 Å². The zero-order valence-corrected chi connectivity index (χ0v) is 15.3. The van der Waals surface area contributed by atoms with Crippen molar-refractivity contribution < 1.29 is 4.79 Å². The molecule has 0 bridgehead atoms. The molecule has 1 heterocycles. The fourth-order valence-corrected chi connectivity index (χ4v) is 4.05. The Kier molecular flexibility index (Phi) is 5.03. The Labute approximate surface area is 143 Å². The van der Waals surface area contributed by atoms with Crippen molar-refractivity contribution in [3.63, 3.8) is 0 Å². The molecule has 1 aromatic rings. The lowest BCUT2D eigenvalue weighted by atomic mass is 9.63. The molecule has 7 heteroatoms. The summed E-state index contributed by atoms with van der Waals surface area (Å²) in [5.74, 6) is 0.239. The number of hydrogen-bond acceptors (Lipinski definition) is 4. The van der Waals surface area contributed by atoms with Crippen molar-refractivity contribution in [3.05, 3.63) is 22.1 Å². The first-order valence-electron chi connectivity index (χ1n) is 8.35. The maximum atomic E-state index is 12.2. The number of rotatable bonds is 3. The van der Waals surface area contributed by atoms with E-state index in [1.54, 1.807) is 18.5 Å². The topological polar surface area (TPSA) is 102 Å². The first-order chi connectivity index (χ1) is 11.0. The minimum absolute atomic E-state index is 0.0373. The molecule has 0 aromatic carbocycles. The van der Waals surface area contributed by atoms with E-state index < -0.39 is 0 Å². The highest BCUT2D eigenvalue weighted by Crippen LogP contribution is 2.45. The molecule has 4 N–H and O–H groups in total. The van der Waals surface area contributed by atoms with Crippen molar-refractivity contribution >= 4 is 12.0 Å². The van der Waals surface area contributed by atoms with Gasteiger partial charge in [0.05, 0.1) is 0 Å². The second-order valence-corrected chi connectivity index (χ2v) is 8.25. The van der Waals surface area contributed by atoms with Gasteiger partial charge in [-0.3, -0.25) is 10.1 Å². The Hall–Kier alpha value is -1.89. The smallest absolute Gasteiger partial charge is 0.321 e. The molecule has 1 saturated carbocycles. The van der Waals surface area contributed by atoms with Gasteiger partial charge < -0.3 is 15.6 Å². The van der Waals surface area contributed by atoms with Crippen molar-refractivity contribution in [1.82, 2.24) is 14.9 Å². The standard InChI is InChI=1S/C17H29N5O2/c1-11-6-13(23)20-14(22(11)5)21-15(24)19-10-17(4)8-12(18)7-16(2,3)9-17/h6,12H,7-10,18H2,1-5H3,(H2,19,20,21,23,24). The molecule has 2 amide bonds. The highest BCUT2D eigenvalue weighted by molar-refractivity contribution is 5.87. The summed E-state index contributed by atoms with van der Waals surface area (Å²) in [5.41, 5.74) is 6.69. The van der Waals surface area contributed by atoms with Crippen LogP contribution in [0.15, 0.2) is 10.9 Å². The van der Waals surface area contributed by atoms with Gasteiger partial charge in [-0.05, 0) is 37.0 Å².